The van der Waals surface area contributed by atoms with Crippen LogP contribution in [0.3, 0.4) is 0 Å². The molecule has 1 aromatic heterocycles. The van der Waals surface area contributed by atoms with Gasteiger partial charge in [0.25, 0.3) is 0 Å². The molecule has 4 N–H and O–H groups in total. The van der Waals surface area contributed by atoms with E-state index in [4.69, 9.17) is 17.0 Å². The van der Waals surface area contributed by atoms with Crippen molar-refractivity contribution in [2.24, 2.45) is 5.41 Å². The van der Waals surface area contributed by atoms with E-state index in [9.17, 15) is 9.90 Å². The van der Waals surface area contributed by atoms with Crippen LogP contribution in [0.5, 0.6) is 0 Å². The highest BCUT2D eigenvalue weighted by Crippen LogP contribution is 2.43. The number of nitrogens with one attached hydrogen (secondary N) is 3. The molecule has 1 aromatic carbocycles. The summed E-state index contributed by atoms with van der Waals surface area (Å²) in [4.78, 5) is 18.8. The number of β-amino-alcohol motifs (C(OH)–C–C–N with tert-alkyl or cyclic N) is 1. The van der Waals surface area contributed by atoms with Gasteiger partial charge in [0, 0.05) is 62.1 Å². The van der Waals surface area contributed by atoms with Crippen molar-refractivity contribution >= 4 is 35.1 Å². The molecule has 2 fully saturated rings. The lowest BCUT2D eigenvalue weighted by molar-refractivity contribution is -0.132. The predicted octanol–water partition coefficient (Wildman–Crippen LogP) is 2.52. The molecule has 152 valence electrons. The Labute approximate surface area is 174 Å². The van der Waals surface area contributed by atoms with Gasteiger partial charge in [0.1, 0.15) is 0 Å². The van der Waals surface area contributed by atoms with Gasteiger partial charge in [-0.1, -0.05) is 17.7 Å². The highest BCUT2D eigenvalue weighted by atomic mass is 35.5. The minimum atomic E-state index is -0.696. The molecule has 4 rings (SSSR count). The maximum Gasteiger partial charge on any atom is 0.229 e. The Morgan fingerprint density at radius 2 is 2.14 bits per heavy atom. The van der Waals surface area contributed by atoms with Crippen LogP contribution in [0, 0.1) is 10.8 Å². The SMILES string of the molecule is CNc1ccc(-c2cncc(Cl)c2N2CCC3(CC2)C(=O)NCC3O)cc1C=N. The fraction of sp³-hybridized carbons (Fsp3) is 0.381. The normalized spacial score (nSPS) is 20.6. The van der Waals surface area contributed by atoms with Crippen LogP contribution in [0.1, 0.15) is 18.4 Å². The molecule has 7 nitrogen and oxygen atoms in total. The minimum Gasteiger partial charge on any atom is -0.390 e. The van der Waals surface area contributed by atoms with E-state index in [1.54, 1.807) is 12.4 Å². The van der Waals surface area contributed by atoms with E-state index in [-0.39, 0.29) is 5.91 Å². The molecule has 29 heavy (non-hydrogen) atoms. The number of anilines is 2. The van der Waals surface area contributed by atoms with Crippen LogP contribution < -0.4 is 15.5 Å². The van der Waals surface area contributed by atoms with Crippen molar-refractivity contribution in [1.29, 1.82) is 5.41 Å². The van der Waals surface area contributed by atoms with Crippen molar-refractivity contribution < 1.29 is 9.90 Å². The molecule has 0 radical (unpaired) electrons. The number of rotatable bonds is 4. The number of hydrogen-bond acceptors (Lipinski definition) is 6. The summed E-state index contributed by atoms with van der Waals surface area (Å²) in [6, 6.07) is 5.86. The van der Waals surface area contributed by atoms with Crippen LogP contribution in [-0.2, 0) is 4.79 Å². The molecular formula is C21H24ClN5O2. The fourth-order valence-electron chi connectivity index (χ4n) is 4.44. The van der Waals surface area contributed by atoms with Gasteiger partial charge in [0.2, 0.25) is 5.91 Å². The van der Waals surface area contributed by atoms with Gasteiger partial charge in [-0.05, 0) is 30.5 Å². The lowest BCUT2D eigenvalue weighted by Crippen LogP contribution is -2.48. The van der Waals surface area contributed by atoms with Gasteiger partial charge in [-0.15, -0.1) is 0 Å². The van der Waals surface area contributed by atoms with Gasteiger partial charge in [-0.2, -0.15) is 0 Å². The molecule has 2 aliphatic heterocycles. The number of halogens is 1. The van der Waals surface area contributed by atoms with Crippen LogP contribution in [0.4, 0.5) is 11.4 Å². The van der Waals surface area contributed by atoms with Crippen molar-refractivity contribution in [2.75, 3.05) is 36.9 Å². The first kappa shape index (κ1) is 19.7. The average Bonchev–Trinajstić information content (AvgIpc) is 3.02. The van der Waals surface area contributed by atoms with Gasteiger partial charge in [0.15, 0.2) is 0 Å². The second kappa shape index (κ2) is 7.65. The number of carbonyl (C=O) groups excluding carboxylic acids is 1. The zero-order chi connectivity index (χ0) is 20.6. The predicted molar refractivity (Wildman–Crippen MR) is 115 cm³/mol. The monoisotopic (exact) mass is 413 g/mol. The van der Waals surface area contributed by atoms with Crippen LogP contribution in [-0.4, -0.2) is 55.0 Å². The van der Waals surface area contributed by atoms with Gasteiger partial charge >= 0.3 is 0 Å². The van der Waals surface area contributed by atoms with Gasteiger partial charge < -0.3 is 26.0 Å². The molecule has 0 saturated carbocycles. The number of piperidine rings is 1. The Hall–Kier alpha value is -2.64. The first-order valence-electron chi connectivity index (χ1n) is 9.67. The Bertz CT molecular complexity index is 956. The smallest absolute Gasteiger partial charge is 0.229 e. The largest absolute Gasteiger partial charge is 0.390 e. The molecule has 1 spiro atoms. The molecule has 2 saturated heterocycles. The summed E-state index contributed by atoms with van der Waals surface area (Å²) in [6.45, 7) is 1.56. The van der Waals surface area contributed by atoms with E-state index >= 15 is 0 Å². The van der Waals surface area contributed by atoms with Crippen molar-refractivity contribution in [3.05, 3.63) is 41.2 Å². The quantitative estimate of drug-likeness (QED) is 0.577. The minimum absolute atomic E-state index is 0.0519. The Balaban J connectivity index is 1.68. The third-order valence-corrected chi connectivity index (χ3v) is 6.45. The number of carbonyl (C=O) groups is 1. The number of nitrogens with zero attached hydrogens (tertiary/aromatic N) is 2. The van der Waals surface area contributed by atoms with Gasteiger partial charge in [-0.25, -0.2) is 0 Å². The van der Waals surface area contributed by atoms with E-state index in [0.29, 0.717) is 37.5 Å². The molecule has 1 amide bonds. The van der Waals surface area contributed by atoms with Gasteiger partial charge in [-0.3, -0.25) is 9.78 Å². The summed E-state index contributed by atoms with van der Waals surface area (Å²) in [6.07, 6.45) is 5.23. The van der Waals surface area contributed by atoms with E-state index in [1.165, 1.54) is 6.21 Å². The van der Waals surface area contributed by atoms with Crippen LogP contribution in [0.2, 0.25) is 5.02 Å². The summed E-state index contributed by atoms with van der Waals surface area (Å²) >= 11 is 6.56. The topological polar surface area (TPSA) is 101 Å². The summed E-state index contributed by atoms with van der Waals surface area (Å²) < 4.78 is 0. The summed E-state index contributed by atoms with van der Waals surface area (Å²) in [7, 11) is 1.82. The average molecular weight is 414 g/mol. The molecule has 1 atom stereocenters. The molecule has 3 heterocycles. The van der Waals surface area contributed by atoms with Crippen LogP contribution >= 0.6 is 11.6 Å². The number of benzene rings is 1. The van der Waals surface area contributed by atoms with Gasteiger partial charge in [0.05, 0.1) is 22.2 Å². The number of hydrogen-bond donors (Lipinski definition) is 4. The molecule has 2 aromatic rings. The molecule has 0 aliphatic carbocycles. The summed E-state index contributed by atoms with van der Waals surface area (Å²) in [5.41, 5.74) is 3.64. The third kappa shape index (κ3) is 3.24. The highest BCUT2D eigenvalue weighted by Gasteiger charge is 2.51. The maximum atomic E-state index is 12.3. The van der Waals surface area contributed by atoms with E-state index in [0.717, 1.165) is 28.1 Å². The number of aromatic nitrogens is 1. The lowest BCUT2D eigenvalue weighted by atomic mass is 9.75. The van der Waals surface area contributed by atoms with E-state index < -0.39 is 11.5 Å². The zero-order valence-corrected chi connectivity index (χ0v) is 17.0. The first-order chi connectivity index (χ1) is 14.0. The lowest BCUT2D eigenvalue weighted by Gasteiger charge is -2.41. The zero-order valence-electron chi connectivity index (χ0n) is 16.2. The molecule has 1 unspecified atom stereocenters. The summed E-state index contributed by atoms with van der Waals surface area (Å²) in [5.74, 6) is -0.0519. The molecule has 2 aliphatic rings. The number of aliphatic hydroxyl groups excluding tert-OH is 1. The Morgan fingerprint density at radius 3 is 2.76 bits per heavy atom. The Morgan fingerprint density at radius 1 is 1.38 bits per heavy atom. The maximum absolute atomic E-state index is 12.3. The van der Waals surface area contributed by atoms with Crippen molar-refractivity contribution in [3.63, 3.8) is 0 Å². The highest BCUT2D eigenvalue weighted by molar-refractivity contribution is 6.33. The van der Waals surface area contributed by atoms with Crippen LogP contribution in [0.25, 0.3) is 11.1 Å². The fourth-order valence-corrected chi connectivity index (χ4v) is 4.72. The number of amides is 1. The first-order valence-corrected chi connectivity index (χ1v) is 10.1. The van der Waals surface area contributed by atoms with E-state index in [2.05, 4.69) is 20.5 Å². The second-order valence-corrected chi connectivity index (χ2v) is 7.99. The second-order valence-electron chi connectivity index (χ2n) is 7.58. The van der Waals surface area contributed by atoms with Crippen molar-refractivity contribution in [1.82, 2.24) is 10.3 Å². The molecule has 0 bridgehead atoms. The molecule has 8 heteroatoms. The Kier molecular flexibility index (Phi) is 5.19. The summed E-state index contributed by atoms with van der Waals surface area (Å²) in [5, 5.41) is 24.5. The third-order valence-electron chi connectivity index (χ3n) is 6.18. The number of aliphatic hydroxyl groups is 1. The van der Waals surface area contributed by atoms with Crippen LogP contribution in [0.15, 0.2) is 30.6 Å². The van der Waals surface area contributed by atoms with Crippen molar-refractivity contribution in [2.45, 2.75) is 18.9 Å². The van der Waals surface area contributed by atoms with E-state index in [1.807, 2.05) is 25.2 Å². The standard InChI is InChI=1S/C21H24ClN5O2/c1-24-17-3-2-13(8-14(17)9-23)15-10-25-11-16(22)19(15)27-6-4-21(5-7-27)18(28)12-26-20(21)29/h2-3,8-11,18,23-24,28H,4-7,12H2,1H3,(H,26,29). The van der Waals surface area contributed by atoms with Crippen molar-refractivity contribution in [3.8, 4) is 11.1 Å². The molecular weight excluding hydrogens is 390 g/mol. The number of pyridine rings is 1.